The second kappa shape index (κ2) is 9.43. The minimum atomic E-state index is -0.735. The Hall–Kier alpha value is -3.06. The van der Waals surface area contributed by atoms with Crippen LogP contribution in [0, 0.1) is 0 Å². The van der Waals surface area contributed by atoms with Crippen LogP contribution in [0.15, 0.2) is 42.5 Å². The molecule has 0 bridgehead atoms. The minimum absolute atomic E-state index is 0.124. The Morgan fingerprint density at radius 2 is 1.79 bits per heavy atom. The number of halogens is 1. The monoisotopic (exact) mass is 415 g/mol. The van der Waals surface area contributed by atoms with Gasteiger partial charge in [0, 0.05) is 16.8 Å². The van der Waals surface area contributed by atoms with Gasteiger partial charge in [0.1, 0.15) is 0 Å². The molecule has 0 unspecified atom stereocenters. The molecule has 8 heteroatoms. The third-order valence-electron chi connectivity index (χ3n) is 4.70. The van der Waals surface area contributed by atoms with Crippen LogP contribution >= 0.6 is 11.6 Å². The van der Waals surface area contributed by atoms with Gasteiger partial charge in [0.25, 0.3) is 11.8 Å². The Balaban J connectivity index is 1.59. The molecule has 2 aromatic carbocycles. The molecular formula is C21H22ClN3O4. The molecule has 3 rings (SSSR count). The SMILES string of the molecule is Nc1cc(Cl)ccc1C(=O)OCC(=O)Nc1ccccc1C(=O)NC1CCCC1. The van der Waals surface area contributed by atoms with Crippen molar-refractivity contribution >= 4 is 40.8 Å². The summed E-state index contributed by atoms with van der Waals surface area (Å²) in [6, 6.07) is 11.2. The maximum atomic E-state index is 12.5. The van der Waals surface area contributed by atoms with Gasteiger partial charge in [-0.1, -0.05) is 36.6 Å². The van der Waals surface area contributed by atoms with Gasteiger partial charge in [0.15, 0.2) is 6.61 Å². The lowest BCUT2D eigenvalue weighted by atomic mass is 10.1. The van der Waals surface area contributed by atoms with Crippen molar-refractivity contribution in [3.05, 3.63) is 58.6 Å². The van der Waals surface area contributed by atoms with E-state index in [1.165, 1.54) is 18.2 Å². The summed E-state index contributed by atoms with van der Waals surface area (Å²) in [5.41, 5.74) is 6.75. The number of rotatable bonds is 6. The summed E-state index contributed by atoms with van der Waals surface area (Å²) in [5.74, 6) is -1.53. The van der Waals surface area contributed by atoms with Crippen LogP contribution in [0.5, 0.6) is 0 Å². The average molecular weight is 416 g/mol. The van der Waals surface area contributed by atoms with Crippen molar-refractivity contribution in [2.45, 2.75) is 31.7 Å². The number of amides is 2. The summed E-state index contributed by atoms with van der Waals surface area (Å²) in [5, 5.41) is 6.00. The maximum absolute atomic E-state index is 12.5. The number of hydrogen-bond donors (Lipinski definition) is 3. The lowest BCUT2D eigenvalue weighted by Crippen LogP contribution is -2.33. The van der Waals surface area contributed by atoms with Crippen LogP contribution in [0.3, 0.4) is 0 Å². The molecule has 2 aromatic rings. The second-order valence-electron chi connectivity index (χ2n) is 6.86. The Morgan fingerprint density at radius 3 is 2.52 bits per heavy atom. The molecule has 29 heavy (non-hydrogen) atoms. The first-order chi connectivity index (χ1) is 13.9. The molecule has 2 amide bonds. The number of anilines is 2. The Bertz CT molecular complexity index is 926. The van der Waals surface area contributed by atoms with Crippen molar-refractivity contribution in [2.75, 3.05) is 17.7 Å². The topological polar surface area (TPSA) is 111 Å². The molecule has 1 aliphatic carbocycles. The number of hydrogen-bond acceptors (Lipinski definition) is 5. The maximum Gasteiger partial charge on any atom is 0.340 e. The Kier molecular flexibility index (Phi) is 6.72. The molecule has 1 aliphatic rings. The fraction of sp³-hybridized carbons (Fsp3) is 0.286. The molecule has 1 fully saturated rings. The van der Waals surface area contributed by atoms with Gasteiger partial charge < -0.3 is 21.1 Å². The average Bonchev–Trinajstić information content (AvgIpc) is 3.19. The van der Waals surface area contributed by atoms with Crippen LogP contribution in [-0.4, -0.2) is 30.4 Å². The minimum Gasteiger partial charge on any atom is -0.452 e. The zero-order valence-electron chi connectivity index (χ0n) is 15.7. The summed E-state index contributed by atoms with van der Waals surface area (Å²) in [7, 11) is 0. The van der Waals surface area contributed by atoms with Crippen molar-refractivity contribution in [1.82, 2.24) is 5.32 Å². The van der Waals surface area contributed by atoms with Gasteiger partial charge in [0.2, 0.25) is 0 Å². The number of para-hydroxylation sites is 1. The molecule has 0 radical (unpaired) electrons. The largest absolute Gasteiger partial charge is 0.452 e. The first-order valence-electron chi connectivity index (χ1n) is 9.36. The Morgan fingerprint density at radius 1 is 1.07 bits per heavy atom. The van der Waals surface area contributed by atoms with Gasteiger partial charge in [-0.25, -0.2) is 4.79 Å². The fourth-order valence-electron chi connectivity index (χ4n) is 3.24. The highest BCUT2D eigenvalue weighted by molar-refractivity contribution is 6.31. The van der Waals surface area contributed by atoms with Crippen molar-refractivity contribution in [1.29, 1.82) is 0 Å². The van der Waals surface area contributed by atoms with E-state index in [4.69, 9.17) is 22.1 Å². The number of carbonyl (C=O) groups is 3. The van der Waals surface area contributed by atoms with Crippen molar-refractivity contribution in [3.63, 3.8) is 0 Å². The number of ether oxygens (including phenoxy) is 1. The summed E-state index contributed by atoms with van der Waals surface area (Å²) in [4.78, 5) is 36.9. The predicted molar refractivity (Wildman–Crippen MR) is 111 cm³/mol. The molecule has 0 aliphatic heterocycles. The Labute approximate surface area is 173 Å². The van der Waals surface area contributed by atoms with Crippen molar-refractivity contribution in [3.8, 4) is 0 Å². The quantitative estimate of drug-likeness (QED) is 0.494. The molecule has 0 saturated heterocycles. The van der Waals surface area contributed by atoms with E-state index < -0.39 is 18.5 Å². The summed E-state index contributed by atoms with van der Waals surface area (Å²) in [6.07, 6.45) is 4.13. The highest BCUT2D eigenvalue weighted by Crippen LogP contribution is 2.21. The van der Waals surface area contributed by atoms with Crippen LogP contribution < -0.4 is 16.4 Å². The van der Waals surface area contributed by atoms with E-state index in [2.05, 4.69) is 10.6 Å². The lowest BCUT2D eigenvalue weighted by molar-refractivity contribution is -0.119. The molecular weight excluding hydrogens is 394 g/mol. The molecule has 7 nitrogen and oxygen atoms in total. The zero-order chi connectivity index (χ0) is 20.8. The first-order valence-corrected chi connectivity index (χ1v) is 9.73. The van der Waals surface area contributed by atoms with Crippen LogP contribution in [-0.2, 0) is 9.53 Å². The van der Waals surface area contributed by atoms with Crippen LogP contribution in [0.4, 0.5) is 11.4 Å². The van der Waals surface area contributed by atoms with E-state index in [1.807, 2.05) is 0 Å². The number of esters is 1. The van der Waals surface area contributed by atoms with Crippen LogP contribution in [0.2, 0.25) is 5.02 Å². The van der Waals surface area contributed by atoms with E-state index in [-0.39, 0.29) is 23.2 Å². The van der Waals surface area contributed by atoms with Crippen molar-refractivity contribution in [2.24, 2.45) is 0 Å². The van der Waals surface area contributed by atoms with Gasteiger partial charge in [-0.15, -0.1) is 0 Å². The molecule has 0 aromatic heterocycles. The van der Waals surface area contributed by atoms with E-state index >= 15 is 0 Å². The smallest absolute Gasteiger partial charge is 0.340 e. The molecule has 0 heterocycles. The first kappa shape index (κ1) is 20.7. The highest BCUT2D eigenvalue weighted by Gasteiger charge is 2.20. The number of nitrogens with one attached hydrogen (secondary N) is 2. The van der Waals surface area contributed by atoms with Gasteiger partial charge in [-0.05, 0) is 43.2 Å². The molecule has 152 valence electrons. The van der Waals surface area contributed by atoms with Crippen LogP contribution in [0.25, 0.3) is 0 Å². The van der Waals surface area contributed by atoms with Gasteiger partial charge in [-0.2, -0.15) is 0 Å². The summed E-state index contributed by atoms with van der Waals surface area (Å²) >= 11 is 5.80. The molecule has 0 spiro atoms. The van der Waals surface area contributed by atoms with Crippen molar-refractivity contribution < 1.29 is 19.1 Å². The van der Waals surface area contributed by atoms with E-state index in [9.17, 15) is 14.4 Å². The fourth-order valence-corrected chi connectivity index (χ4v) is 3.42. The highest BCUT2D eigenvalue weighted by atomic mass is 35.5. The molecule has 0 atom stereocenters. The normalized spacial score (nSPS) is 13.7. The van der Waals surface area contributed by atoms with E-state index in [1.54, 1.807) is 24.3 Å². The number of nitrogen functional groups attached to an aromatic ring is 1. The molecule has 4 N–H and O–H groups in total. The van der Waals surface area contributed by atoms with E-state index in [0.29, 0.717) is 16.3 Å². The van der Waals surface area contributed by atoms with Gasteiger partial charge in [0.05, 0.1) is 16.8 Å². The van der Waals surface area contributed by atoms with E-state index in [0.717, 1.165) is 25.7 Å². The van der Waals surface area contributed by atoms with Crippen LogP contribution in [0.1, 0.15) is 46.4 Å². The third kappa shape index (κ3) is 5.48. The number of carbonyl (C=O) groups excluding carboxylic acids is 3. The standard InChI is InChI=1S/C21H22ClN3O4/c22-13-9-10-15(17(23)11-13)21(28)29-12-19(26)25-18-8-4-3-7-16(18)20(27)24-14-5-1-2-6-14/h3-4,7-11,14H,1-2,5-6,12,23H2,(H,24,27)(H,25,26). The number of nitrogens with two attached hydrogens (primary N) is 1. The predicted octanol–water partition coefficient (Wildman–Crippen LogP) is 3.39. The molecule has 1 saturated carbocycles. The van der Waals surface area contributed by atoms with Gasteiger partial charge >= 0.3 is 5.97 Å². The zero-order valence-corrected chi connectivity index (χ0v) is 16.5. The summed E-state index contributed by atoms with van der Waals surface area (Å²) < 4.78 is 5.02. The number of benzene rings is 2. The lowest BCUT2D eigenvalue weighted by Gasteiger charge is -2.15. The third-order valence-corrected chi connectivity index (χ3v) is 4.94. The summed E-state index contributed by atoms with van der Waals surface area (Å²) in [6.45, 7) is -0.514. The van der Waals surface area contributed by atoms with Gasteiger partial charge in [-0.3, -0.25) is 9.59 Å². The second-order valence-corrected chi connectivity index (χ2v) is 7.29.